The Kier molecular flexibility index (Phi) is 10.7. The van der Waals surface area contributed by atoms with Gasteiger partial charge in [0.1, 0.15) is 12.2 Å². The molecule has 2 aromatic carbocycles. The Morgan fingerprint density at radius 1 is 1.18 bits per heavy atom. The van der Waals surface area contributed by atoms with Gasteiger partial charge in [0.2, 0.25) is 5.88 Å². The molecule has 8 heteroatoms. The molecule has 0 spiro atoms. The summed E-state index contributed by atoms with van der Waals surface area (Å²) >= 11 is 0. The second kappa shape index (κ2) is 14.3. The first-order chi connectivity index (χ1) is 20.9. The second-order valence-corrected chi connectivity index (χ2v) is 13.1. The maximum absolute atomic E-state index is 13.7. The highest BCUT2D eigenvalue weighted by Gasteiger charge is 2.39. The average Bonchev–Trinajstić information content (AvgIpc) is 3.11. The van der Waals surface area contributed by atoms with Crippen LogP contribution < -0.4 is 16.3 Å². The van der Waals surface area contributed by atoms with Crippen molar-refractivity contribution in [2.75, 3.05) is 13.1 Å². The quantitative estimate of drug-likeness (QED) is 0.144. The third-order valence-electron chi connectivity index (χ3n) is 8.42. The Balaban J connectivity index is 1.62. The number of allylic oxidation sites excluding steroid dienone is 1. The summed E-state index contributed by atoms with van der Waals surface area (Å²) < 4.78 is 12.2. The number of aryl methyl sites for hydroxylation is 1. The number of hydrogen-bond acceptors (Lipinski definition) is 8. The third kappa shape index (κ3) is 8.61. The number of rotatable bonds is 12. The molecule has 0 aliphatic carbocycles. The number of nitrogens with two attached hydrogens (primary N) is 2. The number of carbonyl (C=O) groups excluding carboxylic acids is 1. The van der Waals surface area contributed by atoms with Crippen LogP contribution in [0.4, 0.5) is 0 Å². The third-order valence-corrected chi connectivity index (χ3v) is 8.42. The summed E-state index contributed by atoms with van der Waals surface area (Å²) in [5.74, 6) is 6.32. The first kappa shape index (κ1) is 33.0. The van der Waals surface area contributed by atoms with Crippen molar-refractivity contribution in [3.8, 4) is 5.88 Å². The van der Waals surface area contributed by atoms with Crippen molar-refractivity contribution in [3.05, 3.63) is 107 Å². The van der Waals surface area contributed by atoms with Crippen LogP contribution >= 0.6 is 0 Å². The van der Waals surface area contributed by atoms with Crippen LogP contribution in [0.3, 0.4) is 0 Å². The van der Waals surface area contributed by atoms with Crippen molar-refractivity contribution in [2.24, 2.45) is 17.0 Å². The topological polar surface area (TPSA) is 107 Å². The van der Waals surface area contributed by atoms with Crippen molar-refractivity contribution in [3.63, 3.8) is 0 Å². The van der Waals surface area contributed by atoms with Gasteiger partial charge in [-0.25, -0.2) is 10.8 Å². The Hall–Kier alpha value is -3.88. The smallest absolute Gasteiger partial charge is 0.312 e. The van der Waals surface area contributed by atoms with Gasteiger partial charge in [-0.3, -0.25) is 9.69 Å². The summed E-state index contributed by atoms with van der Waals surface area (Å²) in [5.41, 5.74) is 11.4. The van der Waals surface area contributed by atoms with E-state index in [-0.39, 0.29) is 18.5 Å². The van der Waals surface area contributed by atoms with Gasteiger partial charge in [0.25, 0.3) is 0 Å². The van der Waals surface area contributed by atoms with E-state index in [1.165, 1.54) is 11.1 Å². The SMILES string of the molecule is CCN(N)/C=C(\N)CCC(c1ccc(C)c(CN2Cc3cccnc3OC(C)(C)C2)c1)C(C)(C)C(=O)OCc1ccccc1. The van der Waals surface area contributed by atoms with E-state index in [1.807, 2.05) is 57.2 Å². The fourth-order valence-electron chi connectivity index (χ4n) is 5.87. The minimum Gasteiger partial charge on any atom is -0.470 e. The van der Waals surface area contributed by atoms with Crippen molar-refractivity contribution < 1.29 is 14.3 Å². The summed E-state index contributed by atoms with van der Waals surface area (Å²) in [6.45, 7) is 15.4. The van der Waals surface area contributed by atoms with Crippen molar-refractivity contribution >= 4 is 5.97 Å². The predicted octanol–water partition coefficient (Wildman–Crippen LogP) is 6.19. The molecule has 0 fully saturated rings. The molecule has 0 saturated carbocycles. The fourth-order valence-corrected chi connectivity index (χ4v) is 5.87. The van der Waals surface area contributed by atoms with Crippen LogP contribution in [0.1, 0.15) is 81.2 Å². The number of carbonyl (C=O) groups is 1. The zero-order valence-corrected chi connectivity index (χ0v) is 27.2. The van der Waals surface area contributed by atoms with E-state index in [9.17, 15) is 4.79 Å². The molecule has 1 aliphatic heterocycles. The van der Waals surface area contributed by atoms with Gasteiger partial charge in [-0.15, -0.1) is 0 Å². The van der Waals surface area contributed by atoms with Crippen LogP contribution in [-0.4, -0.2) is 39.6 Å². The van der Waals surface area contributed by atoms with Crippen molar-refractivity contribution in [1.82, 2.24) is 14.9 Å². The minimum absolute atomic E-state index is 0.140. The molecule has 4 N–H and O–H groups in total. The molecule has 8 nitrogen and oxygen atoms in total. The molecule has 1 aliphatic rings. The molecular formula is C36H49N5O3. The standard InChI is InChI=1S/C36H49N5O3/c1-7-41(38)23-31(37)17-18-32(36(5,6)34(42)43-24-27-12-9-8-10-13-27)28-16-15-26(2)30(20-28)22-40-21-29-14-11-19-39-33(29)44-35(3,4)25-40/h8-16,19-20,23,32H,7,17-18,21-22,24-25,37-38H2,1-6H3/b31-23-. The lowest BCUT2D eigenvalue weighted by molar-refractivity contribution is -0.156. The Bertz CT molecular complexity index is 1440. The molecule has 0 bridgehead atoms. The van der Waals surface area contributed by atoms with Crippen LogP contribution in [0.2, 0.25) is 0 Å². The monoisotopic (exact) mass is 599 g/mol. The van der Waals surface area contributed by atoms with Gasteiger partial charge >= 0.3 is 5.97 Å². The Labute approximate surface area is 263 Å². The van der Waals surface area contributed by atoms with Gasteiger partial charge in [0.15, 0.2) is 0 Å². The predicted molar refractivity (Wildman–Crippen MR) is 175 cm³/mol. The first-order valence-corrected chi connectivity index (χ1v) is 15.5. The van der Waals surface area contributed by atoms with Crippen LogP contribution in [0.25, 0.3) is 0 Å². The van der Waals surface area contributed by atoms with Gasteiger partial charge in [-0.05, 0) is 88.6 Å². The number of hydrogen-bond donors (Lipinski definition) is 2. The number of aromatic nitrogens is 1. The van der Waals surface area contributed by atoms with Gasteiger partial charge in [0.05, 0.1) is 5.41 Å². The molecular weight excluding hydrogens is 550 g/mol. The van der Waals surface area contributed by atoms with Gasteiger partial charge in [-0.2, -0.15) is 0 Å². The van der Waals surface area contributed by atoms with E-state index < -0.39 is 11.0 Å². The molecule has 0 amide bonds. The van der Waals surface area contributed by atoms with E-state index >= 15 is 0 Å². The lowest BCUT2D eigenvalue weighted by Crippen LogP contribution is -2.40. The lowest BCUT2D eigenvalue weighted by Gasteiger charge is -2.34. The molecule has 0 saturated heterocycles. The highest BCUT2D eigenvalue weighted by atomic mass is 16.5. The number of ether oxygens (including phenoxy) is 2. The molecule has 2 heterocycles. The fraction of sp³-hybridized carbons (Fsp3) is 0.444. The highest BCUT2D eigenvalue weighted by Crippen LogP contribution is 2.42. The molecule has 44 heavy (non-hydrogen) atoms. The molecule has 1 atom stereocenters. The highest BCUT2D eigenvalue weighted by molar-refractivity contribution is 5.77. The zero-order chi connectivity index (χ0) is 31.9. The number of fused-ring (bicyclic) bond motifs is 1. The number of hydrazine groups is 1. The largest absolute Gasteiger partial charge is 0.470 e. The maximum atomic E-state index is 13.7. The summed E-state index contributed by atoms with van der Waals surface area (Å²) in [6, 6.07) is 20.4. The van der Waals surface area contributed by atoms with E-state index in [2.05, 4.69) is 54.9 Å². The Morgan fingerprint density at radius 3 is 2.66 bits per heavy atom. The van der Waals surface area contributed by atoms with E-state index in [1.54, 1.807) is 17.4 Å². The van der Waals surface area contributed by atoms with Crippen LogP contribution in [0, 0.1) is 12.3 Å². The molecule has 1 aromatic heterocycles. The lowest BCUT2D eigenvalue weighted by atomic mass is 9.72. The summed E-state index contributed by atoms with van der Waals surface area (Å²) in [4.78, 5) is 20.6. The van der Waals surface area contributed by atoms with Crippen molar-refractivity contribution in [2.45, 2.75) is 85.6 Å². The van der Waals surface area contributed by atoms with Gasteiger partial charge in [-0.1, -0.05) is 54.6 Å². The van der Waals surface area contributed by atoms with E-state index in [0.29, 0.717) is 31.0 Å². The first-order valence-electron chi connectivity index (χ1n) is 15.5. The summed E-state index contributed by atoms with van der Waals surface area (Å²) in [6.07, 6.45) is 4.81. The number of nitrogens with zero attached hydrogens (tertiary/aromatic N) is 3. The second-order valence-electron chi connectivity index (χ2n) is 13.1. The Morgan fingerprint density at radius 2 is 1.93 bits per heavy atom. The maximum Gasteiger partial charge on any atom is 0.312 e. The molecule has 4 rings (SSSR count). The van der Waals surface area contributed by atoms with Crippen LogP contribution in [0.5, 0.6) is 5.88 Å². The number of esters is 1. The average molecular weight is 600 g/mol. The molecule has 0 radical (unpaired) electrons. The van der Waals surface area contributed by atoms with Crippen LogP contribution in [-0.2, 0) is 29.2 Å². The minimum atomic E-state index is -0.808. The van der Waals surface area contributed by atoms with E-state index in [4.69, 9.17) is 21.1 Å². The molecule has 236 valence electrons. The number of pyridine rings is 1. The zero-order valence-electron chi connectivity index (χ0n) is 27.2. The van der Waals surface area contributed by atoms with E-state index in [0.717, 1.165) is 36.3 Å². The van der Waals surface area contributed by atoms with Gasteiger partial charge in [0, 0.05) is 49.8 Å². The van der Waals surface area contributed by atoms with Crippen molar-refractivity contribution in [1.29, 1.82) is 0 Å². The molecule has 1 unspecified atom stereocenters. The molecule has 3 aromatic rings. The normalized spacial score (nSPS) is 15.9. The van der Waals surface area contributed by atoms with Crippen LogP contribution in [0.15, 0.2) is 78.8 Å². The number of benzene rings is 2. The van der Waals surface area contributed by atoms with Gasteiger partial charge < -0.3 is 20.2 Å². The summed E-state index contributed by atoms with van der Waals surface area (Å²) in [5, 5.41) is 1.58. The summed E-state index contributed by atoms with van der Waals surface area (Å²) in [7, 11) is 0.